The normalized spacial score (nSPS) is 14.4. The Morgan fingerprint density at radius 2 is 2.10 bits per heavy atom. The Kier molecular flexibility index (Phi) is 5.48. The minimum atomic E-state index is -0.248. The van der Waals surface area contributed by atoms with Crippen LogP contribution in [0.4, 0.5) is 0 Å². The fourth-order valence-electron chi connectivity index (χ4n) is 3.23. The number of nitrogens with zero attached hydrogens (tertiary/aromatic N) is 6. The number of aromatic nitrogens is 5. The van der Waals surface area contributed by atoms with E-state index in [-0.39, 0.29) is 18.4 Å². The van der Waals surface area contributed by atoms with Crippen molar-refractivity contribution in [1.29, 1.82) is 0 Å². The average Bonchev–Trinajstić information content (AvgIpc) is 3.18. The molecule has 1 saturated heterocycles. The molecule has 1 aromatic carbocycles. The molecule has 2 N–H and O–H groups in total. The highest BCUT2D eigenvalue weighted by atomic mass is 16.2. The zero-order valence-electron chi connectivity index (χ0n) is 16.8. The predicted molar refractivity (Wildman–Crippen MR) is 109 cm³/mol. The molecule has 0 unspecified atom stereocenters. The number of piperazine rings is 1. The molecule has 30 heavy (non-hydrogen) atoms. The molecule has 0 atom stereocenters. The van der Waals surface area contributed by atoms with Gasteiger partial charge in [-0.05, 0) is 54.1 Å². The van der Waals surface area contributed by atoms with Gasteiger partial charge in [0.1, 0.15) is 0 Å². The van der Waals surface area contributed by atoms with Gasteiger partial charge in [-0.1, -0.05) is 6.07 Å². The molecule has 10 heteroatoms. The molecule has 154 valence electrons. The molecular formula is C20H22N8O2. The third kappa shape index (κ3) is 4.33. The number of amides is 2. The van der Waals surface area contributed by atoms with E-state index in [4.69, 9.17) is 0 Å². The summed E-state index contributed by atoms with van der Waals surface area (Å²) < 4.78 is 1.57. The van der Waals surface area contributed by atoms with Crippen molar-refractivity contribution in [2.75, 3.05) is 26.3 Å². The van der Waals surface area contributed by atoms with Gasteiger partial charge in [-0.2, -0.15) is 4.68 Å². The van der Waals surface area contributed by atoms with Crippen molar-refractivity contribution in [3.05, 3.63) is 53.5 Å². The molecule has 0 spiro atoms. The van der Waals surface area contributed by atoms with Crippen LogP contribution in [0.3, 0.4) is 0 Å². The quantitative estimate of drug-likeness (QED) is 0.632. The summed E-state index contributed by atoms with van der Waals surface area (Å²) in [5, 5.41) is 17.3. The van der Waals surface area contributed by atoms with Crippen LogP contribution >= 0.6 is 0 Å². The zero-order valence-corrected chi connectivity index (χ0v) is 16.8. The van der Waals surface area contributed by atoms with E-state index in [2.05, 4.69) is 31.1 Å². The first-order valence-corrected chi connectivity index (χ1v) is 9.60. The summed E-state index contributed by atoms with van der Waals surface area (Å²) in [6, 6.07) is 9.30. The van der Waals surface area contributed by atoms with Crippen LogP contribution in [0.2, 0.25) is 0 Å². The molecule has 2 amide bonds. The van der Waals surface area contributed by atoms with Gasteiger partial charge in [-0.15, -0.1) is 5.10 Å². The maximum atomic E-state index is 12.9. The van der Waals surface area contributed by atoms with E-state index in [1.807, 2.05) is 30.0 Å². The number of hydrogen-bond donors (Lipinski definition) is 2. The molecule has 0 saturated carbocycles. The summed E-state index contributed by atoms with van der Waals surface area (Å²) in [4.78, 5) is 30.8. The van der Waals surface area contributed by atoms with Gasteiger partial charge in [-0.3, -0.25) is 19.5 Å². The second kappa shape index (κ2) is 8.37. The van der Waals surface area contributed by atoms with Crippen LogP contribution in [0.15, 0.2) is 36.5 Å². The topological polar surface area (TPSA) is 118 Å². The zero-order chi connectivity index (χ0) is 21.1. The second-order valence-corrected chi connectivity index (χ2v) is 7.19. The first-order chi connectivity index (χ1) is 14.5. The Morgan fingerprint density at radius 1 is 1.23 bits per heavy atom. The Morgan fingerprint density at radius 3 is 2.80 bits per heavy atom. The number of nitrogens with one attached hydrogen (secondary N) is 2. The van der Waals surface area contributed by atoms with Crippen molar-refractivity contribution in [3.63, 3.8) is 0 Å². The summed E-state index contributed by atoms with van der Waals surface area (Å²) in [6.45, 7) is 5.58. The standard InChI is InChI=1S/C20H22N8O2/c1-13-3-4-18(22-10-13)15-7-16(9-17(8-15)28-14(2)24-25-26-28)20(30)23-12-27-6-5-21-19(29)11-27/h3-4,7-10H,5-6,11-12H2,1-2H3,(H,21,29)(H,23,30). The van der Waals surface area contributed by atoms with Crippen molar-refractivity contribution >= 4 is 11.8 Å². The Balaban J connectivity index is 1.63. The lowest BCUT2D eigenvalue weighted by atomic mass is 10.0. The van der Waals surface area contributed by atoms with Gasteiger partial charge in [0.15, 0.2) is 5.82 Å². The van der Waals surface area contributed by atoms with E-state index in [1.54, 1.807) is 29.9 Å². The molecule has 4 rings (SSSR count). The van der Waals surface area contributed by atoms with Gasteiger partial charge in [0.2, 0.25) is 5.91 Å². The molecule has 2 aromatic heterocycles. The number of carbonyl (C=O) groups excluding carboxylic acids is 2. The molecule has 1 aliphatic heterocycles. The van der Waals surface area contributed by atoms with Crippen molar-refractivity contribution < 1.29 is 9.59 Å². The second-order valence-electron chi connectivity index (χ2n) is 7.19. The predicted octanol–water partition coefficient (Wildman–Crippen LogP) is 0.460. The Labute approximate surface area is 173 Å². The molecule has 10 nitrogen and oxygen atoms in total. The minimum absolute atomic E-state index is 0.0422. The van der Waals surface area contributed by atoms with Gasteiger partial charge >= 0.3 is 0 Å². The van der Waals surface area contributed by atoms with E-state index in [0.29, 0.717) is 36.8 Å². The summed E-state index contributed by atoms with van der Waals surface area (Å²) >= 11 is 0. The summed E-state index contributed by atoms with van der Waals surface area (Å²) in [6.07, 6.45) is 1.78. The third-order valence-electron chi connectivity index (χ3n) is 4.84. The molecule has 0 aliphatic carbocycles. The third-order valence-corrected chi connectivity index (χ3v) is 4.84. The number of carbonyl (C=O) groups is 2. The number of pyridine rings is 1. The van der Waals surface area contributed by atoms with E-state index >= 15 is 0 Å². The molecule has 0 bridgehead atoms. The first-order valence-electron chi connectivity index (χ1n) is 9.60. The van der Waals surface area contributed by atoms with Crippen LogP contribution in [-0.2, 0) is 4.79 Å². The monoisotopic (exact) mass is 406 g/mol. The van der Waals surface area contributed by atoms with Crippen molar-refractivity contribution in [2.24, 2.45) is 0 Å². The number of benzene rings is 1. The first kappa shape index (κ1) is 19.6. The Bertz CT molecular complexity index is 1080. The minimum Gasteiger partial charge on any atom is -0.354 e. The maximum Gasteiger partial charge on any atom is 0.252 e. The largest absolute Gasteiger partial charge is 0.354 e. The van der Waals surface area contributed by atoms with E-state index in [1.165, 1.54) is 0 Å². The van der Waals surface area contributed by atoms with Crippen molar-refractivity contribution in [1.82, 2.24) is 40.7 Å². The lowest BCUT2D eigenvalue weighted by Crippen LogP contribution is -2.51. The van der Waals surface area contributed by atoms with Crippen LogP contribution < -0.4 is 10.6 Å². The van der Waals surface area contributed by atoms with Gasteiger partial charge in [0.05, 0.1) is 24.6 Å². The Hall–Kier alpha value is -3.66. The highest BCUT2D eigenvalue weighted by Gasteiger charge is 2.18. The fourth-order valence-corrected chi connectivity index (χ4v) is 3.23. The van der Waals surface area contributed by atoms with Crippen LogP contribution in [0.1, 0.15) is 21.7 Å². The number of hydrogen-bond acceptors (Lipinski definition) is 7. The van der Waals surface area contributed by atoms with Crippen molar-refractivity contribution in [2.45, 2.75) is 13.8 Å². The van der Waals surface area contributed by atoms with Crippen molar-refractivity contribution in [3.8, 4) is 16.9 Å². The molecule has 3 aromatic rings. The number of aryl methyl sites for hydroxylation is 2. The SMILES string of the molecule is Cc1ccc(-c2cc(C(=O)NCN3CCNC(=O)C3)cc(-n3nnnc3C)c2)nc1. The van der Waals surface area contributed by atoms with Crippen LogP contribution in [-0.4, -0.2) is 68.2 Å². The van der Waals surface area contributed by atoms with E-state index in [0.717, 1.165) is 16.8 Å². The highest BCUT2D eigenvalue weighted by molar-refractivity contribution is 5.96. The number of tetrazole rings is 1. The average molecular weight is 406 g/mol. The fraction of sp³-hybridized carbons (Fsp3) is 0.300. The van der Waals surface area contributed by atoms with Gasteiger partial charge < -0.3 is 10.6 Å². The summed E-state index contributed by atoms with van der Waals surface area (Å²) in [5.41, 5.74) is 3.70. The van der Waals surface area contributed by atoms with E-state index in [9.17, 15) is 9.59 Å². The highest BCUT2D eigenvalue weighted by Crippen LogP contribution is 2.23. The summed E-state index contributed by atoms with van der Waals surface area (Å²) in [7, 11) is 0. The van der Waals surface area contributed by atoms with Crippen LogP contribution in [0.5, 0.6) is 0 Å². The molecule has 3 heterocycles. The molecule has 1 fully saturated rings. The number of rotatable bonds is 5. The molecule has 0 radical (unpaired) electrons. The van der Waals surface area contributed by atoms with Gasteiger partial charge in [-0.25, -0.2) is 0 Å². The summed E-state index contributed by atoms with van der Waals surface area (Å²) in [5.74, 6) is 0.316. The van der Waals surface area contributed by atoms with Gasteiger partial charge in [0, 0.05) is 30.4 Å². The smallest absolute Gasteiger partial charge is 0.252 e. The van der Waals surface area contributed by atoms with E-state index < -0.39 is 0 Å². The van der Waals surface area contributed by atoms with Gasteiger partial charge in [0.25, 0.3) is 5.91 Å². The molecule has 1 aliphatic rings. The lowest BCUT2D eigenvalue weighted by molar-refractivity contribution is -0.124. The van der Waals surface area contributed by atoms with Crippen LogP contribution in [0, 0.1) is 13.8 Å². The van der Waals surface area contributed by atoms with Crippen LogP contribution in [0.25, 0.3) is 16.9 Å². The lowest BCUT2D eigenvalue weighted by Gasteiger charge is -2.26. The molecular weight excluding hydrogens is 384 g/mol. The maximum absolute atomic E-state index is 12.9.